The Morgan fingerprint density at radius 3 is 2.76 bits per heavy atom. The van der Waals surface area contributed by atoms with E-state index in [2.05, 4.69) is 20.9 Å². The number of nitrogens with two attached hydrogens (primary N) is 1. The van der Waals surface area contributed by atoms with Gasteiger partial charge in [0.2, 0.25) is 17.7 Å². The lowest BCUT2D eigenvalue weighted by Gasteiger charge is -2.27. The van der Waals surface area contributed by atoms with Gasteiger partial charge in [-0.05, 0) is 54.5 Å². The summed E-state index contributed by atoms with van der Waals surface area (Å²) in [6, 6.07) is 4.45. The zero-order valence-electron chi connectivity index (χ0n) is 21.5. The van der Waals surface area contributed by atoms with Gasteiger partial charge in [-0.3, -0.25) is 19.4 Å². The predicted molar refractivity (Wildman–Crippen MR) is 138 cm³/mol. The minimum Gasteiger partial charge on any atom is -0.491 e. The van der Waals surface area contributed by atoms with Crippen molar-refractivity contribution in [1.82, 2.24) is 20.9 Å². The van der Waals surface area contributed by atoms with E-state index in [1.165, 1.54) is 12.1 Å². The van der Waals surface area contributed by atoms with E-state index in [4.69, 9.17) is 10.5 Å². The molecule has 0 fully saturated rings. The van der Waals surface area contributed by atoms with E-state index in [9.17, 15) is 23.9 Å². The Balaban J connectivity index is 1.78. The summed E-state index contributed by atoms with van der Waals surface area (Å²) in [6.07, 6.45) is 4.03. The molecule has 0 unspecified atom stereocenters. The van der Waals surface area contributed by atoms with Crippen LogP contribution in [0.2, 0.25) is 0 Å². The van der Waals surface area contributed by atoms with Crippen molar-refractivity contribution >= 4 is 17.7 Å². The number of pyridine rings is 1. The van der Waals surface area contributed by atoms with Crippen LogP contribution in [0.4, 0.5) is 4.39 Å². The number of amides is 3. The molecule has 0 saturated heterocycles. The van der Waals surface area contributed by atoms with Crippen LogP contribution in [0, 0.1) is 5.82 Å². The lowest BCUT2D eigenvalue weighted by Crippen LogP contribution is -2.55. The molecule has 1 aromatic carbocycles. The van der Waals surface area contributed by atoms with Gasteiger partial charge in [-0.2, -0.15) is 0 Å². The molecule has 3 amide bonds. The van der Waals surface area contributed by atoms with Gasteiger partial charge in [0.1, 0.15) is 6.04 Å². The van der Waals surface area contributed by atoms with E-state index >= 15 is 0 Å². The van der Waals surface area contributed by atoms with Crippen LogP contribution in [-0.2, 0) is 33.8 Å². The highest BCUT2D eigenvalue weighted by atomic mass is 19.1. The number of benzene rings is 1. The number of aliphatic hydroxyl groups is 1. The van der Waals surface area contributed by atoms with Gasteiger partial charge in [0.05, 0.1) is 25.2 Å². The zero-order chi connectivity index (χ0) is 27.5. The predicted octanol–water partition coefficient (Wildman–Crippen LogP) is 0.884. The normalized spacial score (nSPS) is 19.8. The average Bonchev–Trinajstić information content (AvgIpc) is 2.88. The van der Waals surface area contributed by atoms with Crippen LogP contribution in [-0.4, -0.2) is 59.2 Å². The minimum atomic E-state index is -1.20. The lowest BCUT2D eigenvalue weighted by molar-refractivity contribution is -0.132. The van der Waals surface area contributed by atoms with Crippen LogP contribution >= 0.6 is 0 Å². The molecule has 0 spiro atoms. The van der Waals surface area contributed by atoms with Gasteiger partial charge in [-0.25, -0.2) is 4.39 Å². The molecule has 3 heterocycles. The molecule has 0 saturated carbocycles. The number of aliphatic hydroxyl groups excluding tert-OH is 1. The number of aromatic nitrogens is 1. The summed E-state index contributed by atoms with van der Waals surface area (Å²) in [5, 5.41) is 19.5. The number of nitrogens with one attached hydrogen (secondary N) is 3. The average molecular weight is 530 g/mol. The quantitative estimate of drug-likeness (QED) is 0.340. The van der Waals surface area contributed by atoms with Crippen LogP contribution in [0.15, 0.2) is 36.7 Å². The fourth-order valence-electron chi connectivity index (χ4n) is 4.19. The number of fused-ring (bicyclic) bond motifs is 13. The first-order chi connectivity index (χ1) is 18.2. The van der Waals surface area contributed by atoms with Crippen LogP contribution in [0.5, 0.6) is 5.75 Å². The molecule has 10 nitrogen and oxygen atoms in total. The SMILES string of the molecule is CCc1cncc(CNC[C@@H](O)[C@@H]2Cc3ccc(c(F)c3)OCCCCC(=O)N[C@@H](CC(N)=O)C(=O)N2)c1. The molecule has 38 heavy (non-hydrogen) atoms. The highest BCUT2D eigenvalue weighted by Crippen LogP contribution is 2.20. The van der Waals surface area contributed by atoms with E-state index in [-0.39, 0.29) is 31.7 Å². The number of aryl methyl sites for hydroxylation is 1. The van der Waals surface area contributed by atoms with Crippen molar-refractivity contribution < 1.29 is 28.6 Å². The van der Waals surface area contributed by atoms with Crippen molar-refractivity contribution in [2.75, 3.05) is 13.2 Å². The maximum atomic E-state index is 14.7. The molecular weight excluding hydrogens is 493 g/mol. The topological polar surface area (TPSA) is 156 Å². The van der Waals surface area contributed by atoms with E-state index in [1.54, 1.807) is 18.5 Å². The molecule has 11 heteroatoms. The van der Waals surface area contributed by atoms with Gasteiger partial charge in [0.25, 0.3) is 0 Å². The summed E-state index contributed by atoms with van der Waals surface area (Å²) in [5.74, 6) is -2.30. The third-order valence-corrected chi connectivity index (χ3v) is 6.30. The first-order valence-corrected chi connectivity index (χ1v) is 12.9. The van der Waals surface area contributed by atoms with E-state index < -0.39 is 48.1 Å². The standard InChI is InChI=1S/C27H36FN5O5/c1-2-17-9-19(14-30-13-17)15-31-16-23(34)21-11-18-6-7-24(20(28)10-18)38-8-4-3-5-26(36)32-22(12-25(29)35)27(37)33-21/h6-7,9-10,13-14,21-23,31,34H,2-5,8,11-12,15-16H2,1H3,(H2,29,35)(H,32,36)(H,33,37)/t21-,22-,23+/m0/s1. The second-order valence-corrected chi connectivity index (χ2v) is 9.43. The molecule has 3 atom stereocenters. The fraction of sp³-hybridized carbons (Fsp3) is 0.481. The molecule has 2 aliphatic rings. The summed E-state index contributed by atoms with van der Waals surface area (Å²) in [5.41, 5.74) is 7.88. The number of carbonyl (C=O) groups is 3. The van der Waals surface area contributed by atoms with Gasteiger partial charge in [-0.15, -0.1) is 0 Å². The monoisotopic (exact) mass is 529 g/mol. The highest BCUT2D eigenvalue weighted by molar-refractivity contribution is 5.91. The molecule has 0 radical (unpaired) electrons. The zero-order valence-corrected chi connectivity index (χ0v) is 21.5. The summed E-state index contributed by atoms with van der Waals surface area (Å²) in [4.78, 5) is 41.3. The number of rotatable bonds is 8. The largest absolute Gasteiger partial charge is 0.491 e. The van der Waals surface area contributed by atoms with Crippen LogP contribution in [0.25, 0.3) is 0 Å². The highest BCUT2D eigenvalue weighted by Gasteiger charge is 2.28. The molecule has 6 N–H and O–H groups in total. The maximum absolute atomic E-state index is 14.7. The van der Waals surface area contributed by atoms with Crippen molar-refractivity contribution in [2.45, 2.75) is 70.2 Å². The minimum absolute atomic E-state index is 0.0932. The van der Waals surface area contributed by atoms with E-state index in [0.29, 0.717) is 24.9 Å². The first-order valence-electron chi connectivity index (χ1n) is 12.9. The maximum Gasteiger partial charge on any atom is 0.243 e. The first kappa shape index (κ1) is 29.0. The molecule has 4 rings (SSSR count). The van der Waals surface area contributed by atoms with Gasteiger partial charge < -0.3 is 31.5 Å². The molecule has 1 aromatic heterocycles. The third-order valence-electron chi connectivity index (χ3n) is 6.30. The molecule has 206 valence electrons. The Labute approximate surface area is 221 Å². The van der Waals surface area contributed by atoms with Gasteiger partial charge >= 0.3 is 0 Å². The molecule has 2 aliphatic heterocycles. The second-order valence-electron chi connectivity index (χ2n) is 9.43. The van der Waals surface area contributed by atoms with E-state index in [0.717, 1.165) is 17.5 Å². The molecular formula is C27H36FN5O5. The number of hydrogen-bond acceptors (Lipinski definition) is 7. The number of nitrogens with zero attached hydrogens (tertiary/aromatic N) is 1. The Bertz CT molecular complexity index is 1120. The van der Waals surface area contributed by atoms with Crippen molar-refractivity contribution in [2.24, 2.45) is 5.73 Å². The molecule has 0 aliphatic carbocycles. The van der Waals surface area contributed by atoms with Crippen molar-refractivity contribution in [3.05, 3.63) is 59.2 Å². The number of halogens is 1. The van der Waals surface area contributed by atoms with Gasteiger partial charge in [0, 0.05) is 31.9 Å². The number of primary amides is 1. The molecule has 2 aromatic rings. The van der Waals surface area contributed by atoms with Crippen LogP contribution in [0.3, 0.4) is 0 Å². The molecule has 2 bridgehead atoms. The summed E-state index contributed by atoms with van der Waals surface area (Å²) >= 11 is 0. The van der Waals surface area contributed by atoms with Gasteiger partial charge in [0.15, 0.2) is 11.6 Å². The van der Waals surface area contributed by atoms with E-state index in [1.807, 2.05) is 13.0 Å². The Morgan fingerprint density at radius 2 is 2.03 bits per heavy atom. The lowest BCUT2D eigenvalue weighted by atomic mass is 9.99. The Hall–Kier alpha value is -3.57. The third kappa shape index (κ3) is 9.07. The van der Waals surface area contributed by atoms with Crippen LogP contribution in [0.1, 0.15) is 49.3 Å². The van der Waals surface area contributed by atoms with Gasteiger partial charge in [-0.1, -0.05) is 19.1 Å². The van der Waals surface area contributed by atoms with Crippen molar-refractivity contribution in [3.8, 4) is 5.75 Å². The summed E-state index contributed by atoms with van der Waals surface area (Å²) in [7, 11) is 0. The summed E-state index contributed by atoms with van der Waals surface area (Å²) in [6.45, 7) is 2.81. The Morgan fingerprint density at radius 1 is 1.24 bits per heavy atom. The van der Waals surface area contributed by atoms with Crippen molar-refractivity contribution in [3.63, 3.8) is 0 Å². The number of hydrogen-bond donors (Lipinski definition) is 5. The Kier molecular flexibility index (Phi) is 11.0. The summed E-state index contributed by atoms with van der Waals surface area (Å²) < 4.78 is 20.2. The fourth-order valence-corrected chi connectivity index (χ4v) is 4.19. The van der Waals surface area contributed by atoms with Crippen molar-refractivity contribution in [1.29, 1.82) is 0 Å². The smallest absolute Gasteiger partial charge is 0.243 e. The second kappa shape index (κ2) is 14.4. The van der Waals surface area contributed by atoms with Crippen LogP contribution < -0.4 is 26.4 Å². The number of carbonyl (C=O) groups excluding carboxylic acids is 3. The number of ether oxygens (including phenoxy) is 1.